The molecule has 1 heterocycles. The van der Waals surface area contributed by atoms with Gasteiger partial charge in [0.05, 0.1) is 0 Å². The Hall–Kier alpha value is -0.380. The zero-order valence-electron chi connectivity index (χ0n) is 7.79. The predicted molar refractivity (Wildman–Crippen MR) is 47.1 cm³/mol. The van der Waals surface area contributed by atoms with Crippen LogP contribution < -0.4 is 10.5 Å². The fraction of sp³-hybridized carbons (Fsp3) is 1.00. The molecule has 15 heavy (non-hydrogen) atoms. The lowest BCUT2D eigenvalue weighted by molar-refractivity contribution is -0.121. The van der Waals surface area contributed by atoms with Crippen LogP contribution in [0.2, 0.25) is 0 Å². The molecule has 0 unspecified atom stereocenters. The Morgan fingerprint density at radius 3 is 2.47 bits per heavy atom. The molecule has 0 aromatic rings. The van der Waals surface area contributed by atoms with Gasteiger partial charge >= 0.3 is 6.18 Å². The minimum absolute atomic E-state index is 0.0627. The minimum Gasteiger partial charge on any atom is -0.326 e. The number of hydrogen-bond acceptors (Lipinski definition) is 3. The molecule has 90 valence electrons. The van der Waals surface area contributed by atoms with E-state index in [9.17, 15) is 21.6 Å². The van der Waals surface area contributed by atoms with Crippen molar-refractivity contribution in [1.82, 2.24) is 9.03 Å². The number of alkyl halides is 3. The van der Waals surface area contributed by atoms with Crippen LogP contribution >= 0.6 is 0 Å². The summed E-state index contributed by atoms with van der Waals surface area (Å²) in [5.41, 5.74) is 5.45. The van der Waals surface area contributed by atoms with Gasteiger partial charge in [-0.1, -0.05) is 0 Å². The zero-order chi connectivity index (χ0) is 11.7. The van der Waals surface area contributed by atoms with Crippen molar-refractivity contribution in [2.75, 3.05) is 19.6 Å². The van der Waals surface area contributed by atoms with Crippen LogP contribution in [0.1, 0.15) is 6.42 Å². The smallest absolute Gasteiger partial charge is 0.326 e. The molecule has 1 fully saturated rings. The molecule has 1 rings (SSSR count). The molecule has 0 aliphatic carbocycles. The Morgan fingerprint density at radius 2 is 2.07 bits per heavy atom. The van der Waals surface area contributed by atoms with Gasteiger partial charge in [0, 0.05) is 19.1 Å². The summed E-state index contributed by atoms with van der Waals surface area (Å²) in [5, 5.41) is 0. The van der Waals surface area contributed by atoms with Crippen LogP contribution in [0, 0.1) is 0 Å². The first-order valence-corrected chi connectivity index (χ1v) is 5.72. The highest BCUT2D eigenvalue weighted by molar-refractivity contribution is 7.87. The molecule has 0 aromatic heterocycles. The van der Waals surface area contributed by atoms with Crippen molar-refractivity contribution in [3.8, 4) is 0 Å². The lowest BCUT2D eigenvalue weighted by Gasteiger charge is -2.17. The quantitative estimate of drug-likeness (QED) is 0.700. The number of nitrogens with zero attached hydrogens (tertiary/aromatic N) is 1. The molecule has 1 atom stereocenters. The Labute approximate surface area is 85.6 Å². The maximum absolute atomic E-state index is 11.8. The van der Waals surface area contributed by atoms with E-state index in [1.165, 1.54) is 4.72 Å². The van der Waals surface area contributed by atoms with Crippen LogP contribution in [0.15, 0.2) is 0 Å². The molecule has 1 aliphatic rings. The fourth-order valence-electron chi connectivity index (χ4n) is 1.24. The highest BCUT2D eigenvalue weighted by Crippen LogP contribution is 2.15. The first kappa shape index (κ1) is 12.7. The minimum atomic E-state index is -4.55. The molecule has 3 N–H and O–H groups in total. The third-order valence-corrected chi connectivity index (χ3v) is 3.50. The predicted octanol–water partition coefficient (Wildman–Crippen LogP) is -0.584. The molecule has 0 bridgehead atoms. The van der Waals surface area contributed by atoms with Crippen LogP contribution in [0.5, 0.6) is 0 Å². The van der Waals surface area contributed by atoms with Crippen LogP contribution in [-0.2, 0) is 10.2 Å². The maximum Gasteiger partial charge on any atom is 0.402 e. The Kier molecular flexibility index (Phi) is 3.59. The summed E-state index contributed by atoms with van der Waals surface area (Å²) in [6.07, 6.45) is -4.08. The van der Waals surface area contributed by atoms with Crippen LogP contribution in [0.3, 0.4) is 0 Å². The van der Waals surface area contributed by atoms with E-state index in [0.29, 0.717) is 6.42 Å². The van der Waals surface area contributed by atoms with Crippen molar-refractivity contribution >= 4 is 10.2 Å². The van der Waals surface area contributed by atoms with E-state index in [2.05, 4.69) is 0 Å². The van der Waals surface area contributed by atoms with Gasteiger partial charge < -0.3 is 5.73 Å². The van der Waals surface area contributed by atoms with Gasteiger partial charge in [0.25, 0.3) is 10.2 Å². The van der Waals surface area contributed by atoms with Gasteiger partial charge in [-0.15, -0.1) is 0 Å². The van der Waals surface area contributed by atoms with Gasteiger partial charge in [-0.2, -0.15) is 30.6 Å². The number of nitrogens with one attached hydrogen (secondary N) is 1. The number of hydrogen-bond donors (Lipinski definition) is 2. The van der Waals surface area contributed by atoms with Crippen molar-refractivity contribution in [1.29, 1.82) is 0 Å². The van der Waals surface area contributed by atoms with E-state index in [1.807, 2.05) is 0 Å². The van der Waals surface area contributed by atoms with Crippen LogP contribution in [0.25, 0.3) is 0 Å². The van der Waals surface area contributed by atoms with Gasteiger partial charge in [-0.25, -0.2) is 0 Å². The third kappa shape index (κ3) is 3.93. The monoisotopic (exact) mass is 247 g/mol. The van der Waals surface area contributed by atoms with E-state index < -0.39 is 22.9 Å². The molecule has 0 spiro atoms. The Bertz CT molecular complexity index is 316. The van der Waals surface area contributed by atoms with Crippen molar-refractivity contribution in [3.05, 3.63) is 0 Å². The average molecular weight is 247 g/mol. The van der Waals surface area contributed by atoms with Gasteiger partial charge in [-0.3, -0.25) is 0 Å². The standard InChI is InChI=1S/C6H12F3N3O2S/c7-6(8,9)4-11-15(13,14)12-2-1-5(10)3-12/h5,11H,1-4,10H2/t5-/m1/s1. The SMILES string of the molecule is N[C@@H]1CCN(S(=O)(=O)NCC(F)(F)F)C1. The summed E-state index contributed by atoms with van der Waals surface area (Å²) in [6.45, 7) is -1.33. The second-order valence-electron chi connectivity index (χ2n) is 3.35. The topological polar surface area (TPSA) is 75.4 Å². The normalized spacial score (nSPS) is 24.7. The lowest BCUT2D eigenvalue weighted by atomic mass is 10.3. The number of nitrogens with two attached hydrogens (primary N) is 1. The highest BCUT2D eigenvalue weighted by atomic mass is 32.2. The van der Waals surface area contributed by atoms with E-state index in [1.54, 1.807) is 0 Å². The molecule has 5 nitrogen and oxygen atoms in total. The summed E-state index contributed by atoms with van der Waals surface area (Å²) < 4.78 is 60.3. The molecule has 0 radical (unpaired) electrons. The molecule has 0 saturated carbocycles. The third-order valence-electron chi connectivity index (χ3n) is 1.98. The van der Waals surface area contributed by atoms with Gasteiger partial charge in [0.2, 0.25) is 0 Å². The van der Waals surface area contributed by atoms with Gasteiger partial charge in [0.1, 0.15) is 6.54 Å². The molecule has 1 aliphatic heterocycles. The molecule has 0 aromatic carbocycles. The number of halogens is 3. The van der Waals surface area contributed by atoms with Crippen molar-refractivity contribution in [3.63, 3.8) is 0 Å². The first-order valence-electron chi connectivity index (χ1n) is 4.28. The molecule has 0 amide bonds. The average Bonchev–Trinajstić information content (AvgIpc) is 2.48. The molecule has 9 heteroatoms. The highest BCUT2D eigenvalue weighted by Gasteiger charge is 2.34. The summed E-state index contributed by atoms with van der Waals surface area (Å²) in [4.78, 5) is 0. The van der Waals surface area contributed by atoms with E-state index in [4.69, 9.17) is 5.73 Å². The summed E-state index contributed by atoms with van der Waals surface area (Å²) >= 11 is 0. The first-order chi connectivity index (χ1) is 6.71. The van der Waals surface area contributed by atoms with Crippen molar-refractivity contribution in [2.45, 2.75) is 18.6 Å². The summed E-state index contributed by atoms with van der Waals surface area (Å²) in [7, 11) is -4.04. The molecular formula is C6H12F3N3O2S. The van der Waals surface area contributed by atoms with Crippen molar-refractivity contribution in [2.24, 2.45) is 5.73 Å². The van der Waals surface area contributed by atoms with E-state index in [0.717, 1.165) is 4.31 Å². The fourth-order valence-corrected chi connectivity index (χ4v) is 2.50. The Balaban J connectivity index is 2.53. The maximum atomic E-state index is 11.8. The summed E-state index contributed by atoms with van der Waals surface area (Å²) in [5.74, 6) is 0. The molecule has 1 saturated heterocycles. The Morgan fingerprint density at radius 1 is 1.47 bits per heavy atom. The van der Waals surface area contributed by atoms with Crippen LogP contribution in [-0.4, -0.2) is 44.6 Å². The second kappa shape index (κ2) is 4.24. The number of rotatable bonds is 3. The lowest BCUT2D eigenvalue weighted by Crippen LogP contribution is -2.44. The van der Waals surface area contributed by atoms with Crippen LogP contribution in [0.4, 0.5) is 13.2 Å². The molecular weight excluding hydrogens is 235 g/mol. The summed E-state index contributed by atoms with van der Waals surface area (Å²) in [6, 6.07) is -0.299. The van der Waals surface area contributed by atoms with Gasteiger partial charge in [0.15, 0.2) is 0 Å². The second-order valence-corrected chi connectivity index (χ2v) is 5.10. The largest absolute Gasteiger partial charge is 0.402 e. The van der Waals surface area contributed by atoms with Gasteiger partial charge in [-0.05, 0) is 6.42 Å². The van der Waals surface area contributed by atoms with E-state index in [-0.39, 0.29) is 19.1 Å². The zero-order valence-corrected chi connectivity index (χ0v) is 8.61. The van der Waals surface area contributed by atoms with E-state index >= 15 is 0 Å². The van der Waals surface area contributed by atoms with Crippen molar-refractivity contribution < 1.29 is 21.6 Å².